The van der Waals surface area contributed by atoms with E-state index in [-0.39, 0.29) is 18.8 Å². The summed E-state index contributed by atoms with van der Waals surface area (Å²) in [6, 6.07) is 7.40. The summed E-state index contributed by atoms with van der Waals surface area (Å²) in [4.78, 5) is 5.17. The maximum Gasteiger partial charge on any atom is 0.249 e. The molecule has 25 heavy (non-hydrogen) atoms. The maximum atomic E-state index is 14.3. The predicted octanol–water partition coefficient (Wildman–Crippen LogP) is 1.88. The van der Waals surface area contributed by atoms with Crippen molar-refractivity contribution in [1.82, 2.24) is 9.29 Å². The van der Waals surface area contributed by atoms with Crippen LogP contribution < -0.4 is 9.64 Å². The number of pyridine rings is 1. The molecule has 0 bridgehead atoms. The van der Waals surface area contributed by atoms with Gasteiger partial charge in [-0.1, -0.05) is 6.07 Å². The average molecular weight is 369 g/mol. The van der Waals surface area contributed by atoms with E-state index in [1.165, 1.54) is 7.11 Å². The Balaban J connectivity index is 1.84. The fraction of sp³-hybridized carbons (Fsp3) is 0.312. The van der Waals surface area contributed by atoms with Crippen molar-refractivity contribution in [3.63, 3.8) is 0 Å². The van der Waals surface area contributed by atoms with Gasteiger partial charge in [-0.15, -0.1) is 0 Å². The third-order valence-electron chi connectivity index (χ3n) is 4.04. The van der Waals surface area contributed by atoms with Crippen molar-refractivity contribution in [2.75, 3.05) is 38.2 Å². The number of sulfonamides is 1. The summed E-state index contributed by atoms with van der Waals surface area (Å²) in [6.07, 6.45) is 1.65. The van der Waals surface area contributed by atoms with Crippen LogP contribution in [-0.4, -0.2) is 51.0 Å². The zero-order valence-corrected chi connectivity index (χ0v) is 14.3. The molecule has 0 atom stereocenters. The summed E-state index contributed by atoms with van der Waals surface area (Å²) in [5.41, 5.74) is 0. The molecule has 0 aliphatic carbocycles. The molecule has 0 N–H and O–H groups in total. The van der Waals surface area contributed by atoms with Crippen LogP contribution in [0.3, 0.4) is 0 Å². The first-order valence-electron chi connectivity index (χ1n) is 7.63. The first kappa shape index (κ1) is 17.6. The molecule has 1 saturated heterocycles. The number of rotatable bonds is 4. The highest BCUT2D eigenvalue weighted by molar-refractivity contribution is 7.89. The molecule has 1 aromatic heterocycles. The van der Waals surface area contributed by atoms with Gasteiger partial charge in [0.2, 0.25) is 10.0 Å². The Bertz CT molecular complexity index is 854. The van der Waals surface area contributed by atoms with Gasteiger partial charge in [-0.05, 0) is 24.3 Å². The van der Waals surface area contributed by atoms with Crippen LogP contribution in [0.15, 0.2) is 41.4 Å². The van der Waals surface area contributed by atoms with E-state index in [0.717, 1.165) is 22.3 Å². The van der Waals surface area contributed by atoms with E-state index in [0.29, 0.717) is 13.1 Å². The third kappa shape index (κ3) is 3.29. The normalized spacial score (nSPS) is 16.0. The van der Waals surface area contributed by atoms with Crippen molar-refractivity contribution in [3.05, 3.63) is 48.2 Å². The lowest BCUT2D eigenvalue weighted by Crippen LogP contribution is -2.49. The van der Waals surface area contributed by atoms with Crippen LogP contribution in [0.2, 0.25) is 0 Å². The number of ether oxygens (including phenoxy) is 1. The van der Waals surface area contributed by atoms with E-state index in [1.54, 1.807) is 12.3 Å². The van der Waals surface area contributed by atoms with E-state index in [4.69, 9.17) is 4.74 Å². The fourth-order valence-corrected chi connectivity index (χ4v) is 4.28. The smallest absolute Gasteiger partial charge is 0.249 e. The molecular weight excluding hydrogens is 352 g/mol. The molecule has 0 amide bonds. The summed E-state index contributed by atoms with van der Waals surface area (Å²) in [7, 11) is -3.11. The predicted molar refractivity (Wildman–Crippen MR) is 88.1 cm³/mol. The van der Waals surface area contributed by atoms with Gasteiger partial charge >= 0.3 is 0 Å². The summed E-state index contributed by atoms with van der Waals surface area (Å²) < 4.78 is 59.6. The number of hydrogen-bond acceptors (Lipinski definition) is 5. The second kappa shape index (κ2) is 6.93. The molecule has 1 aliphatic heterocycles. The fourth-order valence-electron chi connectivity index (χ4n) is 2.74. The molecule has 9 heteroatoms. The third-order valence-corrected chi connectivity index (χ3v) is 5.98. The van der Waals surface area contributed by atoms with Crippen LogP contribution in [0.4, 0.5) is 14.6 Å². The maximum absolute atomic E-state index is 14.3. The van der Waals surface area contributed by atoms with Crippen LogP contribution >= 0.6 is 0 Å². The van der Waals surface area contributed by atoms with Gasteiger partial charge in [0.1, 0.15) is 11.6 Å². The van der Waals surface area contributed by atoms with E-state index >= 15 is 0 Å². The molecule has 0 unspecified atom stereocenters. The molecule has 1 fully saturated rings. The highest BCUT2D eigenvalue weighted by Gasteiger charge is 2.34. The Kier molecular flexibility index (Phi) is 4.87. The number of methoxy groups -OCH3 is 1. The van der Waals surface area contributed by atoms with E-state index in [2.05, 4.69) is 4.98 Å². The molecule has 1 aliphatic rings. The second-order valence-electron chi connectivity index (χ2n) is 5.47. The van der Waals surface area contributed by atoms with Gasteiger partial charge in [0.25, 0.3) is 0 Å². The van der Waals surface area contributed by atoms with Gasteiger partial charge in [0.05, 0.1) is 7.11 Å². The van der Waals surface area contributed by atoms with Crippen LogP contribution in [0.25, 0.3) is 0 Å². The lowest BCUT2D eigenvalue weighted by molar-refractivity contribution is 0.361. The Labute approximate surface area is 144 Å². The molecule has 0 saturated carbocycles. The lowest BCUT2D eigenvalue weighted by Gasteiger charge is -2.34. The summed E-state index contributed by atoms with van der Waals surface area (Å²) >= 11 is 0. The molecule has 0 spiro atoms. The lowest BCUT2D eigenvalue weighted by atomic mass is 10.3. The number of hydrogen-bond donors (Lipinski definition) is 0. The molecule has 6 nitrogen and oxygen atoms in total. The SMILES string of the molecule is COc1ccc(F)c(S(=O)(=O)N2CCN(c3ccccn3)CC2)c1F. The Morgan fingerprint density at radius 1 is 1.08 bits per heavy atom. The quantitative estimate of drug-likeness (QED) is 0.824. The Morgan fingerprint density at radius 3 is 2.40 bits per heavy atom. The van der Waals surface area contributed by atoms with E-state index < -0.39 is 26.6 Å². The van der Waals surface area contributed by atoms with E-state index in [9.17, 15) is 17.2 Å². The molecule has 3 rings (SSSR count). The number of halogens is 2. The first-order chi connectivity index (χ1) is 11.9. The van der Waals surface area contributed by atoms with Crippen molar-refractivity contribution >= 4 is 15.8 Å². The van der Waals surface area contributed by atoms with Gasteiger partial charge in [-0.25, -0.2) is 22.2 Å². The van der Waals surface area contributed by atoms with Crippen LogP contribution in [0.5, 0.6) is 5.75 Å². The minimum atomic E-state index is -4.31. The van der Waals surface area contributed by atoms with Crippen LogP contribution in [0.1, 0.15) is 0 Å². The van der Waals surface area contributed by atoms with Crippen molar-refractivity contribution in [2.45, 2.75) is 4.90 Å². The topological polar surface area (TPSA) is 62.7 Å². The van der Waals surface area contributed by atoms with Crippen molar-refractivity contribution in [2.24, 2.45) is 0 Å². The van der Waals surface area contributed by atoms with Crippen molar-refractivity contribution in [1.29, 1.82) is 0 Å². The van der Waals surface area contributed by atoms with Gasteiger partial charge < -0.3 is 9.64 Å². The number of anilines is 1. The Morgan fingerprint density at radius 2 is 1.80 bits per heavy atom. The number of benzene rings is 1. The summed E-state index contributed by atoms with van der Waals surface area (Å²) in [5.74, 6) is -1.93. The van der Waals surface area contributed by atoms with Crippen molar-refractivity contribution < 1.29 is 21.9 Å². The summed E-state index contributed by atoms with van der Waals surface area (Å²) in [6.45, 7) is 0.969. The standard InChI is InChI=1S/C16H17F2N3O3S/c1-24-13-6-5-12(17)16(15(13)18)25(22,23)21-10-8-20(9-11-21)14-4-2-3-7-19-14/h2-7H,8-11H2,1H3. The molecule has 2 heterocycles. The molecule has 2 aromatic rings. The van der Waals surface area contributed by atoms with Gasteiger partial charge in [0, 0.05) is 32.4 Å². The van der Waals surface area contributed by atoms with Gasteiger partial charge in [-0.2, -0.15) is 4.31 Å². The number of piperazine rings is 1. The average Bonchev–Trinajstić information content (AvgIpc) is 2.62. The zero-order valence-electron chi connectivity index (χ0n) is 13.5. The molecule has 1 aromatic carbocycles. The Hall–Kier alpha value is -2.26. The van der Waals surface area contributed by atoms with E-state index in [1.807, 2.05) is 17.0 Å². The highest BCUT2D eigenvalue weighted by Crippen LogP contribution is 2.29. The monoisotopic (exact) mass is 369 g/mol. The van der Waals surface area contributed by atoms with Crippen molar-refractivity contribution in [3.8, 4) is 5.75 Å². The zero-order chi connectivity index (χ0) is 18.0. The second-order valence-corrected chi connectivity index (χ2v) is 7.35. The summed E-state index contributed by atoms with van der Waals surface area (Å²) in [5, 5.41) is 0. The minimum absolute atomic E-state index is 0.106. The van der Waals surface area contributed by atoms with Crippen LogP contribution in [-0.2, 0) is 10.0 Å². The van der Waals surface area contributed by atoms with Gasteiger partial charge in [0.15, 0.2) is 16.5 Å². The number of aromatic nitrogens is 1. The highest BCUT2D eigenvalue weighted by atomic mass is 32.2. The minimum Gasteiger partial charge on any atom is -0.494 e. The van der Waals surface area contributed by atoms with Crippen LogP contribution in [0, 0.1) is 11.6 Å². The molecule has 134 valence electrons. The van der Waals surface area contributed by atoms with Gasteiger partial charge in [-0.3, -0.25) is 0 Å². The number of nitrogens with zero attached hydrogens (tertiary/aromatic N) is 3. The first-order valence-corrected chi connectivity index (χ1v) is 9.07. The molecule has 0 radical (unpaired) electrons. The molecular formula is C16H17F2N3O3S. The largest absolute Gasteiger partial charge is 0.494 e.